The number of carbonyl (C=O) groups is 3. The summed E-state index contributed by atoms with van der Waals surface area (Å²) in [6.45, 7) is 6.37. The van der Waals surface area contributed by atoms with E-state index in [1.165, 1.54) is 0 Å². The number of benzene rings is 1. The van der Waals surface area contributed by atoms with Gasteiger partial charge in [0.05, 0.1) is 6.54 Å². The van der Waals surface area contributed by atoms with E-state index >= 15 is 0 Å². The summed E-state index contributed by atoms with van der Waals surface area (Å²) in [4.78, 5) is 47.5. The average Bonchev–Trinajstić information content (AvgIpc) is 3.59. The zero-order valence-electron chi connectivity index (χ0n) is 23.9. The molecule has 0 saturated carbocycles. The number of nitrogens with zero attached hydrogens (tertiary/aromatic N) is 5. The summed E-state index contributed by atoms with van der Waals surface area (Å²) in [5, 5.41) is 17.6. The predicted octanol–water partition coefficient (Wildman–Crippen LogP) is 2.26. The maximum Gasteiger partial charge on any atom is 0.268 e. The Hall–Kier alpha value is -4.04. The number of amides is 3. The lowest BCUT2D eigenvalue weighted by atomic mass is 10.1. The molecule has 2 N–H and O–H groups in total. The van der Waals surface area contributed by atoms with Gasteiger partial charge in [0, 0.05) is 56.9 Å². The first-order valence-corrected chi connectivity index (χ1v) is 14.5. The minimum atomic E-state index is -0.685. The van der Waals surface area contributed by atoms with E-state index in [9.17, 15) is 19.6 Å². The summed E-state index contributed by atoms with van der Waals surface area (Å²) >= 11 is 0. The fourth-order valence-electron chi connectivity index (χ4n) is 5.75. The number of hydrogen-bond donors (Lipinski definition) is 2. The Morgan fingerprint density at radius 1 is 1.00 bits per heavy atom. The Morgan fingerprint density at radius 2 is 1.73 bits per heavy atom. The highest BCUT2D eigenvalue weighted by Crippen LogP contribution is 2.25. The Bertz CT molecular complexity index is 1360. The van der Waals surface area contributed by atoms with Gasteiger partial charge < -0.3 is 34.7 Å². The predicted molar refractivity (Wildman–Crippen MR) is 154 cm³/mol. The Balaban J connectivity index is 1.42. The third kappa shape index (κ3) is 6.65. The van der Waals surface area contributed by atoms with Crippen LogP contribution in [0.2, 0.25) is 0 Å². The molecule has 1 aromatic heterocycles. The Labute approximate surface area is 240 Å². The van der Waals surface area contributed by atoms with E-state index in [0.717, 1.165) is 68.6 Å². The summed E-state index contributed by atoms with van der Waals surface area (Å²) in [6, 6.07) is 8.89. The maximum absolute atomic E-state index is 13.7. The lowest BCUT2D eigenvalue weighted by Gasteiger charge is -2.33. The Morgan fingerprint density at radius 3 is 2.46 bits per heavy atom. The zero-order valence-corrected chi connectivity index (χ0v) is 23.9. The van der Waals surface area contributed by atoms with Crippen LogP contribution in [0, 0.1) is 18.3 Å². The molecule has 0 aliphatic carbocycles. The van der Waals surface area contributed by atoms with Gasteiger partial charge in [-0.25, -0.2) is 0 Å². The van der Waals surface area contributed by atoms with Gasteiger partial charge in [0.25, 0.3) is 5.91 Å². The molecule has 3 fully saturated rings. The van der Waals surface area contributed by atoms with E-state index in [0.29, 0.717) is 31.7 Å². The molecule has 41 heavy (non-hydrogen) atoms. The zero-order chi connectivity index (χ0) is 28.9. The van der Waals surface area contributed by atoms with Crippen molar-refractivity contribution < 1.29 is 18.8 Å². The summed E-state index contributed by atoms with van der Waals surface area (Å²) in [5.41, 5.74) is 1.31. The van der Waals surface area contributed by atoms with Gasteiger partial charge in [-0.3, -0.25) is 14.4 Å². The quantitative estimate of drug-likeness (QED) is 0.390. The number of carbonyl (C=O) groups excluding carboxylic acids is 3. The van der Waals surface area contributed by atoms with Gasteiger partial charge in [-0.05, 0) is 70.3 Å². The number of fused-ring (bicyclic) bond motifs is 1. The molecule has 5 rings (SSSR count). The highest BCUT2D eigenvalue weighted by molar-refractivity contribution is 5.99. The molecule has 3 amide bonds. The van der Waals surface area contributed by atoms with Crippen LogP contribution in [0.15, 0.2) is 40.1 Å². The van der Waals surface area contributed by atoms with E-state index in [4.69, 9.17) is 4.42 Å². The molecule has 1 atom stereocenters. The molecule has 1 aromatic carbocycles. The summed E-state index contributed by atoms with van der Waals surface area (Å²) in [6.07, 6.45) is 4.07. The van der Waals surface area contributed by atoms with Crippen molar-refractivity contribution in [3.8, 4) is 6.07 Å². The van der Waals surface area contributed by atoms with E-state index in [-0.39, 0.29) is 35.7 Å². The number of nitriles is 1. The number of furan rings is 1. The van der Waals surface area contributed by atoms with Gasteiger partial charge in [0.2, 0.25) is 11.8 Å². The highest BCUT2D eigenvalue weighted by atomic mass is 16.3. The normalized spacial score (nSPS) is 21.0. The van der Waals surface area contributed by atoms with Crippen LogP contribution in [-0.2, 0) is 14.4 Å². The molecule has 218 valence electrons. The van der Waals surface area contributed by atoms with E-state index in [2.05, 4.69) is 21.6 Å². The number of rotatable bonds is 7. The van der Waals surface area contributed by atoms with Gasteiger partial charge >= 0.3 is 0 Å². The van der Waals surface area contributed by atoms with Gasteiger partial charge in [-0.15, -0.1) is 0 Å². The first kappa shape index (κ1) is 28.5. The van der Waals surface area contributed by atoms with Crippen LogP contribution in [0.4, 0.5) is 5.69 Å². The fraction of sp³-hybridized carbons (Fsp3) is 0.533. The molecule has 2 aromatic rings. The first-order chi connectivity index (χ1) is 19.8. The third-order valence-corrected chi connectivity index (χ3v) is 8.16. The number of anilines is 1. The average molecular weight is 562 g/mol. The topological polar surface area (TPSA) is 125 Å². The SMILES string of the molecule is Cc1cc2cc(N/C(N[C@H]3CCCCN(CC(=O)N4CCCC4)C3=O)=C(\C#N)C(=O)N3CCN(C)CC3)ccc2o1. The van der Waals surface area contributed by atoms with Crippen LogP contribution in [0.25, 0.3) is 11.0 Å². The lowest BCUT2D eigenvalue weighted by molar-refractivity contribution is -0.140. The van der Waals surface area contributed by atoms with Crippen LogP contribution in [0.5, 0.6) is 0 Å². The fourth-order valence-corrected chi connectivity index (χ4v) is 5.75. The van der Waals surface area contributed by atoms with Crippen molar-refractivity contribution >= 4 is 34.4 Å². The highest BCUT2D eigenvalue weighted by Gasteiger charge is 2.32. The van der Waals surface area contributed by atoms with Crippen molar-refractivity contribution in [2.24, 2.45) is 0 Å². The second-order valence-corrected chi connectivity index (χ2v) is 11.2. The number of hydrogen-bond acceptors (Lipinski definition) is 8. The molecule has 4 heterocycles. The van der Waals surface area contributed by atoms with E-state index in [1.807, 2.05) is 43.1 Å². The monoisotopic (exact) mass is 561 g/mol. The van der Waals surface area contributed by atoms with Crippen molar-refractivity contribution in [3.05, 3.63) is 41.4 Å². The number of piperazine rings is 1. The molecule has 11 nitrogen and oxygen atoms in total. The molecule has 3 aliphatic rings. The first-order valence-electron chi connectivity index (χ1n) is 14.5. The minimum Gasteiger partial charge on any atom is -0.461 e. The number of aryl methyl sites for hydroxylation is 1. The second-order valence-electron chi connectivity index (χ2n) is 11.2. The summed E-state index contributed by atoms with van der Waals surface area (Å²) in [7, 11) is 2.00. The van der Waals surface area contributed by atoms with Crippen molar-refractivity contribution in [1.82, 2.24) is 24.9 Å². The van der Waals surface area contributed by atoms with Crippen molar-refractivity contribution in [3.63, 3.8) is 0 Å². The molecule has 0 unspecified atom stereocenters. The lowest BCUT2D eigenvalue weighted by Crippen LogP contribution is -2.50. The van der Waals surface area contributed by atoms with Crippen LogP contribution in [0.1, 0.15) is 37.9 Å². The molecule has 3 saturated heterocycles. The molecular weight excluding hydrogens is 522 g/mol. The summed E-state index contributed by atoms with van der Waals surface area (Å²) < 4.78 is 5.70. The second kappa shape index (κ2) is 12.6. The molecule has 3 aliphatic heterocycles. The molecule has 11 heteroatoms. The van der Waals surface area contributed by atoms with Crippen LogP contribution in [-0.4, -0.2) is 103 Å². The molecular formula is C30H39N7O4. The third-order valence-electron chi connectivity index (χ3n) is 8.16. The van der Waals surface area contributed by atoms with Crippen LogP contribution >= 0.6 is 0 Å². The number of likely N-dealkylation sites (tertiary alicyclic amines) is 2. The molecule has 0 spiro atoms. The molecule has 0 bridgehead atoms. The Kier molecular flexibility index (Phi) is 8.78. The minimum absolute atomic E-state index is 0.0305. The van der Waals surface area contributed by atoms with Crippen molar-refractivity contribution in [1.29, 1.82) is 5.26 Å². The van der Waals surface area contributed by atoms with Crippen molar-refractivity contribution in [2.45, 2.75) is 45.1 Å². The maximum atomic E-state index is 13.7. The standard InChI is InChI=1S/C30H39N7O4/c1-21-17-22-18-23(8-9-26(22)41-21)32-28(24(19-31)29(39)36-15-13-34(2)14-16-36)33-25-7-3-4-12-37(30(25)40)20-27(38)35-10-5-6-11-35/h8-9,17-18,25,32-33H,3-7,10-16,20H2,1-2H3/b28-24-/t25-/m0/s1. The van der Waals surface area contributed by atoms with Gasteiger partial charge in [0.15, 0.2) is 5.57 Å². The van der Waals surface area contributed by atoms with E-state index in [1.54, 1.807) is 9.80 Å². The summed E-state index contributed by atoms with van der Waals surface area (Å²) in [5.74, 6) is 0.373. The number of likely N-dealkylation sites (N-methyl/N-ethyl adjacent to an activating group) is 1. The van der Waals surface area contributed by atoms with E-state index < -0.39 is 6.04 Å². The molecule has 0 radical (unpaired) electrons. The van der Waals surface area contributed by atoms with Gasteiger partial charge in [-0.1, -0.05) is 0 Å². The van der Waals surface area contributed by atoms with Gasteiger partial charge in [0.1, 0.15) is 29.3 Å². The van der Waals surface area contributed by atoms with Crippen molar-refractivity contribution in [2.75, 3.05) is 64.7 Å². The van der Waals surface area contributed by atoms with Crippen LogP contribution in [0.3, 0.4) is 0 Å². The largest absolute Gasteiger partial charge is 0.461 e. The number of nitrogens with one attached hydrogen (secondary N) is 2. The smallest absolute Gasteiger partial charge is 0.268 e. The van der Waals surface area contributed by atoms with Gasteiger partial charge in [-0.2, -0.15) is 5.26 Å². The van der Waals surface area contributed by atoms with Crippen LogP contribution < -0.4 is 10.6 Å².